The van der Waals surface area contributed by atoms with Crippen LogP contribution in [-0.2, 0) is 17.7 Å². The summed E-state index contributed by atoms with van der Waals surface area (Å²) in [4.78, 5) is 16.0. The van der Waals surface area contributed by atoms with Gasteiger partial charge in [-0.1, -0.05) is 18.2 Å². The predicted molar refractivity (Wildman–Crippen MR) is 145 cm³/mol. The highest BCUT2D eigenvalue weighted by atomic mass is 19.1. The fraction of sp³-hybridized carbons (Fsp3) is 0.345. The molecule has 1 unspecified atom stereocenters. The molecule has 1 atom stereocenters. The highest BCUT2D eigenvalue weighted by Crippen LogP contribution is 2.39. The van der Waals surface area contributed by atoms with E-state index in [0.29, 0.717) is 18.9 Å². The summed E-state index contributed by atoms with van der Waals surface area (Å²) >= 11 is 0. The first-order chi connectivity index (χ1) is 18.6. The summed E-state index contributed by atoms with van der Waals surface area (Å²) in [6.07, 6.45) is 3.45. The van der Waals surface area contributed by atoms with Gasteiger partial charge in [-0.15, -0.1) is 0 Å². The summed E-state index contributed by atoms with van der Waals surface area (Å²) in [5.41, 5.74) is 10.3. The van der Waals surface area contributed by atoms with Gasteiger partial charge in [0.2, 0.25) is 5.95 Å². The Hall–Kier alpha value is -3.82. The summed E-state index contributed by atoms with van der Waals surface area (Å²) in [5.74, 6) is 1.81. The first kappa shape index (κ1) is 25.8. The third-order valence-electron chi connectivity index (χ3n) is 6.83. The smallest absolute Gasteiger partial charge is 0.220 e. The average Bonchev–Trinajstić information content (AvgIpc) is 3.49. The molecule has 38 heavy (non-hydrogen) atoms. The minimum absolute atomic E-state index is 0.161. The highest BCUT2D eigenvalue weighted by Gasteiger charge is 2.32. The molecule has 0 fully saturated rings. The Morgan fingerprint density at radius 3 is 2.68 bits per heavy atom. The second-order valence-electron chi connectivity index (χ2n) is 9.36. The summed E-state index contributed by atoms with van der Waals surface area (Å²) in [6.45, 7) is 5.55. The maximum absolute atomic E-state index is 13.7. The van der Waals surface area contributed by atoms with Gasteiger partial charge < -0.3 is 19.8 Å². The van der Waals surface area contributed by atoms with Crippen molar-refractivity contribution in [1.82, 2.24) is 24.4 Å². The van der Waals surface area contributed by atoms with E-state index in [1.54, 1.807) is 25.4 Å². The molecular formula is C29H33FN6O2. The topological polar surface area (TPSA) is 91.3 Å². The number of methoxy groups -OCH3 is 1. The number of aryl methyl sites for hydroxylation is 1. The molecule has 198 valence electrons. The van der Waals surface area contributed by atoms with E-state index in [1.807, 2.05) is 31.2 Å². The van der Waals surface area contributed by atoms with Crippen molar-refractivity contribution in [3.63, 3.8) is 0 Å². The summed E-state index contributed by atoms with van der Waals surface area (Å²) < 4.78 is 27.3. The van der Waals surface area contributed by atoms with E-state index >= 15 is 0 Å². The van der Waals surface area contributed by atoms with Gasteiger partial charge in [0.15, 0.2) is 0 Å². The molecule has 0 saturated heterocycles. The minimum Gasteiger partial charge on any atom is -0.494 e. The third kappa shape index (κ3) is 5.54. The standard InChI is InChI=1S/C29H33FN6O2/c1-3-38-25-7-5-4-6-21(25)18-35(16-17-37-2)19-23-12-13-26-34-27(20-8-10-22(30)11-9-20)28(36(23)26)24-14-15-32-29(31)33-24/h4-11,14-15,23H,3,12-13,16-19H2,1-2H3,(H2,31,32,33). The Morgan fingerprint density at radius 2 is 1.92 bits per heavy atom. The van der Waals surface area contributed by atoms with Gasteiger partial charge in [-0.2, -0.15) is 0 Å². The van der Waals surface area contributed by atoms with Gasteiger partial charge in [0.1, 0.15) is 17.4 Å². The van der Waals surface area contributed by atoms with E-state index in [-0.39, 0.29) is 17.8 Å². The molecule has 0 spiro atoms. The average molecular weight is 517 g/mol. The van der Waals surface area contributed by atoms with Crippen molar-refractivity contribution in [2.24, 2.45) is 0 Å². The molecule has 8 nitrogen and oxygen atoms in total. The second kappa shape index (κ2) is 11.7. The normalized spacial score (nSPS) is 14.7. The number of para-hydroxylation sites is 1. The number of benzene rings is 2. The molecule has 0 aliphatic carbocycles. The predicted octanol–water partition coefficient (Wildman–Crippen LogP) is 4.76. The van der Waals surface area contributed by atoms with Crippen LogP contribution in [-0.4, -0.2) is 57.8 Å². The lowest BCUT2D eigenvalue weighted by Gasteiger charge is -2.28. The summed E-state index contributed by atoms with van der Waals surface area (Å²) in [5, 5.41) is 0. The maximum atomic E-state index is 13.7. The number of rotatable bonds is 11. The second-order valence-corrected chi connectivity index (χ2v) is 9.36. The number of halogens is 1. The Labute approximate surface area is 222 Å². The molecule has 2 aromatic carbocycles. The van der Waals surface area contributed by atoms with Crippen LogP contribution in [0.3, 0.4) is 0 Å². The van der Waals surface area contributed by atoms with Crippen molar-refractivity contribution in [2.45, 2.75) is 32.4 Å². The molecule has 0 radical (unpaired) electrons. The lowest BCUT2D eigenvalue weighted by molar-refractivity contribution is 0.133. The molecule has 5 rings (SSSR count). The van der Waals surface area contributed by atoms with Gasteiger partial charge in [0.25, 0.3) is 0 Å². The van der Waals surface area contributed by atoms with E-state index in [2.05, 4.69) is 25.5 Å². The monoisotopic (exact) mass is 516 g/mol. The highest BCUT2D eigenvalue weighted by molar-refractivity contribution is 5.78. The number of hydrogen-bond donors (Lipinski definition) is 1. The number of nitrogen functional groups attached to an aromatic ring is 1. The van der Waals surface area contributed by atoms with Crippen molar-refractivity contribution in [3.05, 3.63) is 78.0 Å². The minimum atomic E-state index is -0.285. The van der Waals surface area contributed by atoms with E-state index in [9.17, 15) is 4.39 Å². The Bertz CT molecular complexity index is 1370. The van der Waals surface area contributed by atoms with E-state index in [4.69, 9.17) is 20.2 Å². The Kier molecular flexibility index (Phi) is 7.95. The molecule has 1 aliphatic heterocycles. The van der Waals surface area contributed by atoms with Crippen LogP contribution in [0.2, 0.25) is 0 Å². The van der Waals surface area contributed by atoms with Crippen LogP contribution in [0.25, 0.3) is 22.6 Å². The van der Waals surface area contributed by atoms with Crippen molar-refractivity contribution in [1.29, 1.82) is 0 Å². The number of hydrogen-bond acceptors (Lipinski definition) is 7. The third-order valence-corrected chi connectivity index (χ3v) is 6.83. The Morgan fingerprint density at radius 1 is 1.11 bits per heavy atom. The number of fused-ring (bicyclic) bond motifs is 1. The molecule has 2 N–H and O–H groups in total. The fourth-order valence-electron chi connectivity index (χ4n) is 5.13. The largest absolute Gasteiger partial charge is 0.494 e. The van der Waals surface area contributed by atoms with Crippen LogP contribution in [0.5, 0.6) is 5.75 Å². The van der Waals surface area contributed by atoms with Crippen LogP contribution in [0.4, 0.5) is 10.3 Å². The first-order valence-corrected chi connectivity index (χ1v) is 12.9. The number of nitrogens with zero attached hydrogens (tertiary/aromatic N) is 5. The lowest BCUT2D eigenvalue weighted by Crippen LogP contribution is -2.32. The Balaban J connectivity index is 1.52. The number of aromatic nitrogens is 4. The molecule has 0 bridgehead atoms. The zero-order valence-corrected chi connectivity index (χ0v) is 21.8. The van der Waals surface area contributed by atoms with Gasteiger partial charge >= 0.3 is 0 Å². The molecular weight excluding hydrogens is 483 g/mol. The van der Waals surface area contributed by atoms with E-state index < -0.39 is 0 Å². The SMILES string of the molecule is CCOc1ccccc1CN(CCOC)CC1CCc2nc(-c3ccc(F)cc3)c(-c3ccnc(N)n3)n21. The van der Waals surface area contributed by atoms with Gasteiger partial charge in [-0.3, -0.25) is 4.90 Å². The number of anilines is 1. The van der Waals surface area contributed by atoms with Crippen LogP contribution >= 0.6 is 0 Å². The van der Waals surface area contributed by atoms with Crippen molar-refractivity contribution >= 4 is 5.95 Å². The van der Waals surface area contributed by atoms with E-state index in [1.165, 1.54) is 12.1 Å². The van der Waals surface area contributed by atoms with Gasteiger partial charge in [-0.05, 0) is 49.7 Å². The molecule has 0 saturated carbocycles. The molecule has 0 amide bonds. The van der Waals surface area contributed by atoms with Gasteiger partial charge in [0, 0.05) is 56.5 Å². The maximum Gasteiger partial charge on any atom is 0.220 e. The zero-order chi connectivity index (χ0) is 26.5. The summed E-state index contributed by atoms with van der Waals surface area (Å²) in [7, 11) is 1.72. The first-order valence-electron chi connectivity index (χ1n) is 12.9. The van der Waals surface area contributed by atoms with Crippen LogP contribution in [0.15, 0.2) is 60.8 Å². The lowest BCUT2D eigenvalue weighted by atomic mass is 10.1. The fourth-order valence-corrected chi connectivity index (χ4v) is 5.13. The molecule has 4 aromatic rings. The molecule has 1 aliphatic rings. The van der Waals surface area contributed by atoms with Crippen LogP contribution < -0.4 is 10.5 Å². The van der Waals surface area contributed by atoms with Crippen molar-refractivity contribution in [2.75, 3.05) is 39.1 Å². The number of imidazole rings is 1. The van der Waals surface area contributed by atoms with Crippen LogP contribution in [0.1, 0.15) is 30.8 Å². The molecule has 3 heterocycles. The quantitative estimate of drug-likeness (QED) is 0.307. The van der Waals surface area contributed by atoms with E-state index in [0.717, 1.165) is 66.6 Å². The molecule has 2 aromatic heterocycles. The number of nitrogens with two attached hydrogens (primary N) is 1. The van der Waals surface area contributed by atoms with Crippen molar-refractivity contribution < 1.29 is 13.9 Å². The van der Waals surface area contributed by atoms with Gasteiger partial charge in [-0.25, -0.2) is 19.3 Å². The summed E-state index contributed by atoms with van der Waals surface area (Å²) in [6, 6.07) is 16.6. The van der Waals surface area contributed by atoms with Crippen LogP contribution in [0, 0.1) is 5.82 Å². The number of ether oxygens (including phenoxy) is 2. The molecule has 9 heteroatoms. The van der Waals surface area contributed by atoms with Gasteiger partial charge in [0.05, 0.1) is 30.3 Å². The van der Waals surface area contributed by atoms with Crippen molar-refractivity contribution in [3.8, 4) is 28.4 Å². The zero-order valence-electron chi connectivity index (χ0n) is 21.8.